The summed E-state index contributed by atoms with van der Waals surface area (Å²) in [5, 5.41) is 1.08. The van der Waals surface area contributed by atoms with Gasteiger partial charge < -0.3 is 10.6 Å². The second kappa shape index (κ2) is 7.48. The van der Waals surface area contributed by atoms with Gasteiger partial charge in [0.25, 0.3) is 0 Å². The van der Waals surface area contributed by atoms with Crippen molar-refractivity contribution in [3.63, 3.8) is 0 Å². The largest absolute Gasteiger partial charge is 0.335 e. The number of benzene rings is 1. The molecular formula is C16H22Cl2N2O. The zero-order valence-corrected chi connectivity index (χ0v) is 13.8. The average molecular weight is 329 g/mol. The average Bonchev–Trinajstić information content (AvgIpc) is 3.29. The lowest BCUT2D eigenvalue weighted by molar-refractivity contribution is -0.136. The fourth-order valence-electron chi connectivity index (χ4n) is 2.44. The predicted molar refractivity (Wildman–Crippen MR) is 87.5 cm³/mol. The van der Waals surface area contributed by atoms with Crippen LogP contribution in [0.1, 0.15) is 38.2 Å². The van der Waals surface area contributed by atoms with E-state index in [-0.39, 0.29) is 11.8 Å². The molecule has 0 spiro atoms. The quantitative estimate of drug-likeness (QED) is 0.826. The Balaban J connectivity index is 2.05. The smallest absolute Gasteiger partial charge is 0.225 e. The number of amides is 1. The molecular weight excluding hydrogens is 307 g/mol. The lowest BCUT2D eigenvalue weighted by atomic mass is 10.0. The van der Waals surface area contributed by atoms with Crippen LogP contribution in [0.15, 0.2) is 18.2 Å². The van der Waals surface area contributed by atoms with Gasteiger partial charge in [0, 0.05) is 18.5 Å². The molecule has 2 rings (SSSR count). The number of rotatable bonds is 7. The normalized spacial score (nSPS) is 15.8. The second-order valence-corrected chi connectivity index (χ2v) is 6.59. The molecule has 0 heterocycles. The molecule has 3 nitrogen and oxygen atoms in total. The van der Waals surface area contributed by atoms with Crippen molar-refractivity contribution in [1.29, 1.82) is 0 Å². The first kappa shape index (κ1) is 16.6. The van der Waals surface area contributed by atoms with Gasteiger partial charge in [0.1, 0.15) is 0 Å². The topological polar surface area (TPSA) is 46.3 Å². The molecule has 116 valence electrons. The summed E-state index contributed by atoms with van der Waals surface area (Å²) < 4.78 is 0. The van der Waals surface area contributed by atoms with Crippen molar-refractivity contribution in [2.75, 3.05) is 6.54 Å². The molecule has 1 unspecified atom stereocenters. The van der Waals surface area contributed by atoms with Crippen LogP contribution in [0.5, 0.6) is 0 Å². The Morgan fingerprint density at radius 2 is 2.10 bits per heavy atom. The number of nitrogens with two attached hydrogens (primary N) is 1. The molecule has 1 aromatic rings. The number of carbonyl (C=O) groups excluding carboxylic acids is 1. The molecule has 1 saturated carbocycles. The van der Waals surface area contributed by atoms with Gasteiger partial charge in [0.2, 0.25) is 5.91 Å². The first-order valence-electron chi connectivity index (χ1n) is 7.47. The van der Waals surface area contributed by atoms with Gasteiger partial charge in [-0.3, -0.25) is 4.79 Å². The minimum atomic E-state index is 0.0249. The highest BCUT2D eigenvalue weighted by Crippen LogP contribution is 2.31. The Labute approximate surface area is 136 Å². The predicted octanol–water partition coefficient (Wildman–Crippen LogP) is 3.86. The fourth-order valence-corrected chi connectivity index (χ4v) is 2.76. The summed E-state index contributed by atoms with van der Waals surface area (Å²) in [7, 11) is 0. The maximum absolute atomic E-state index is 12.6. The summed E-state index contributed by atoms with van der Waals surface area (Å²) in [5.74, 6) is 0.244. The van der Waals surface area contributed by atoms with Crippen molar-refractivity contribution in [3.8, 4) is 0 Å². The van der Waals surface area contributed by atoms with E-state index in [1.165, 1.54) is 0 Å². The molecule has 1 amide bonds. The maximum Gasteiger partial charge on any atom is 0.225 e. The first-order valence-corrected chi connectivity index (χ1v) is 8.23. The van der Waals surface area contributed by atoms with Gasteiger partial charge in [-0.2, -0.15) is 0 Å². The molecule has 21 heavy (non-hydrogen) atoms. The number of hydrogen-bond donors (Lipinski definition) is 1. The Morgan fingerprint density at radius 3 is 2.67 bits per heavy atom. The molecule has 1 fully saturated rings. The van der Waals surface area contributed by atoms with Crippen molar-refractivity contribution in [3.05, 3.63) is 33.8 Å². The third kappa shape index (κ3) is 4.60. The fraction of sp³-hybridized carbons (Fsp3) is 0.562. The number of hydrogen-bond acceptors (Lipinski definition) is 2. The first-order chi connectivity index (χ1) is 10.0. The highest BCUT2D eigenvalue weighted by molar-refractivity contribution is 6.42. The van der Waals surface area contributed by atoms with E-state index >= 15 is 0 Å². The Kier molecular flexibility index (Phi) is 5.91. The Hall–Kier alpha value is -0.770. The van der Waals surface area contributed by atoms with Gasteiger partial charge in [-0.15, -0.1) is 0 Å². The molecule has 1 aliphatic rings. The van der Waals surface area contributed by atoms with E-state index in [9.17, 15) is 4.79 Å². The zero-order valence-electron chi connectivity index (χ0n) is 12.3. The lowest BCUT2D eigenvalue weighted by Crippen LogP contribution is -2.36. The summed E-state index contributed by atoms with van der Waals surface area (Å²) in [5.41, 5.74) is 6.55. The molecule has 0 aromatic heterocycles. The molecule has 0 radical (unpaired) electrons. The van der Waals surface area contributed by atoms with E-state index in [2.05, 4.69) is 0 Å². The number of nitrogens with zero attached hydrogens (tertiary/aromatic N) is 1. The molecule has 1 aromatic carbocycles. The molecule has 1 atom stereocenters. The zero-order chi connectivity index (χ0) is 15.4. The minimum absolute atomic E-state index is 0.0249. The van der Waals surface area contributed by atoms with Crippen LogP contribution < -0.4 is 5.73 Å². The van der Waals surface area contributed by atoms with E-state index in [4.69, 9.17) is 28.9 Å². The van der Waals surface area contributed by atoms with Gasteiger partial charge in [-0.1, -0.05) is 36.2 Å². The van der Waals surface area contributed by atoms with Gasteiger partial charge in [0.15, 0.2) is 0 Å². The number of halogens is 2. The Morgan fingerprint density at radius 1 is 1.38 bits per heavy atom. The monoisotopic (exact) mass is 328 g/mol. The van der Waals surface area contributed by atoms with E-state index in [1.54, 1.807) is 6.07 Å². The van der Waals surface area contributed by atoms with Crippen LogP contribution in [-0.4, -0.2) is 23.4 Å². The SMILES string of the molecule is CC(CCCN)C(=O)N(Cc1ccc(Cl)c(Cl)c1)C1CC1. The second-order valence-electron chi connectivity index (χ2n) is 5.78. The third-order valence-electron chi connectivity index (χ3n) is 3.87. The summed E-state index contributed by atoms with van der Waals surface area (Å²) >= 11 is 12.0. The summed E-state index contributed by atoms with van der Waals surface area (Å²) in [6, 6.07) is 5.94. The van der Waals surface area contributed by atoms with E-state index < -0.39 is 0 Å². The minimum Gasteiger partial charge on any atom is -0.335 e. The molecule has 2 N–H and O–H groups in total. The van der Waals surface area contributed by atoms with Gasteiger partial charge >= 0.3 is 0 Å². The molecule has 1 aliphatic carbocycles. The van der Waals surface area contributed by atoms with Crippen LogP contribution in [0.2, 0.25) is 10.0 Å². The van der Waals surface area contributed by atoms with Crippen molar-refractivity contribution < 1.29 is 4.79 Å². The van der Waals surface area contributed by atoms with Crippen molar-refractivity contribution >= 4 is 29.1 Å². The summed E-state index contributed by atoms with van der Waals surface area (Å²) in [4.78, 5) is 14.6. The van der Waals surface area contributed by atoms with E-state index in [0.717, 1.165) is 31.2 Å². The lowest BCUT2D eigenvalue weighted by Gasteiger charge is -2.26. The molecule has 0 bridgehead atoms. The van der Waals surface area contributed by atoms with Crippen LogP contribution in [0.4, 0.5) is 0 Å². The van der Waals surface area contributed by atoms with Crippen LogP contribution in [0.25, 0.3) is 0 Å². The highest BCUT2D eigenvalue weighted by Gasteiger charge is 2.34. The van der Waals surface area contributed by atoms with Gasteiger partial charge in [-0.25, -0.2) is 0 Å². The molecule has 0 aliphatic heterocycles. The summed E-state index contributed by atoms with van der Waals surface area (Å²) in [6.07, 6.45) is 3.92. The van der Waals surface area contributed by atoms with Crippen LogP contribution in [0.3, 0.4) is 0 Å². The van der Waals surface area contributed by atoms with Crippen LogP contribution in [-0.2, 0) is 11.3 Å². The van der Waals surface area contributed by atoms with Crippen molar-refractivity contribution in [1.82, 2.24) is 4.90 Å². The number of carbonyl (C=O) groups is 1. The van der Waals surface area contributed by atoms with E-state index in [1.807, 2.05) is 24.0 Å². The van der Waals surface area contributed by atoms with Crippen molar-refractivity contribution in [2.45, 2.75) is 45.2 Å². The van der Waals surface area contributed by atoms with Crippen molar-refractivity contribution in [2.24, 2.45) is 11.7 Å². The van der Waals surface area contributed by atoms with Crippen LogP contribution >= 0.6 is 23.2 Å². The standard InChI is InChI=1S/C16H22Cl2N2O/c1-11(3-2-8-19)16(21)20(13-5-6-13)10-12-4-7-14(17)15(18)9-12/h4,7,9,11,13H,2-3,5-6,8,10,19H2,1H3. The summed E-state index contributed by atoms with van der Waals surface area (Å²) in [6.45, 7) is 3.23. The third-order valence-corrected chi connectivity index (χ3v) is 4.61. The highest BCUT2D eigenvalue weighted by atomic mass is 35.5. The Bertz CT molecular complexity index is 503. The van der Waals surface area contributed by atoms with Gasteiger partial charge in [-0.05, 0) is 49.9 Å². The maximum atomic E-state index is 12.6. The van der Waals surface area contributed by atoms with Gasteiger partial charge in [0.05, 0.1) is 10.0 Å². The molecule has 5 heteroatoms. The molecule has 0 saturated heterocycles. The van der Waals surface area contributed by atoms with Crippen LogP contribution in [0, 0.1) is 5.92 Å². The van der Waals surface area contributed by atoms with E-state index in [0.29, 0.717) is 29.2 Å².